The third kappa shape index (κ3) is 3.06. The van der Waals surface area contributed by atoms with Crippen LogP contribution in [-0.2, 0) is 13.0 Å². The van der Waals surface area contributed by atoms with Crippen LogP contribution in [-0.4, -0.2) is 14.8 Å². The van der Waals surface area contributed by atoms with Crippen molar-refractivity contribution in [3.63, 3.8) is 0 Å². The molecule has 0 atom stereocenters. The Bertz CT molecular complexity index is 1090. The minimum Gasteiger partial charge on any atom is -0.469 e. The van der Waals surface area contributed by atoms with E-state index < -0.39 is 0 Å². The Labute approximate surface area is 148 Å². The fraction of sp³-hybridized carbons (Fsp3) is 0.105. The van der Waals surface area contributed by atoms with Crippen molar-refractivity contribution in [2.75, 3.05) is 0 Å². The van der Waals surface area contributed by atoms with Gasteiger partial charge in [-0.3, -0.25) is 9.78 Å². The van der Waals surface area contributed by atoms with Crippen molar-refractivity contribution in [2.45, 2.75) is 13.0 Å². The third-order valence-electron chi connectivity index (χ3n) is 3.97. The summed E-state index contributed by atoms with van der Waals surface area (Å²) in [5, 5.41) is 5.69. The van der Waals surface area contributed by atoms with E-state index in [1.807, 2.05) is 30.3 Å². The molecule has 3 aromatic heterocycles. The van der Waals surface area contributed by atoms with Crippen LogP contribution in [0.1, 0.15) is 5.76 Å². The largest absolute Gasteiger partial charge is 0.469 e. The van der Waals surface area contributed by atoms with E-state index in [0.29, 0.717) is 34.6 Å². The predicted molar refractivity (Wildman–Crippen MR) is 96.7 cm³/mol. The first kappa shape index (κ1) is 15.6. The Morgan fingerprint density at radius 2 is 2.04 bits per heavy atom. The SMILES string of the molecule is O=c1c2cccnc2c(-c2cccc(Cl)c2)nn1CCc1ccco1. The molecule has 4 rings (SSSR count). The first-order valence-corrected chi connectivity index (χ1v) is 8.24. The lowest BCUT2D eigenvalue weighted by Crippen LogP contribution is -2.25. The first-order valence-electron chi connectivity index (χ1n) is 7.86. The fourth-order valence-electron chi connectivity index (χ4n) is 2.77. The van der Waals surface area contributed by atoms with Gasteiger partial charge in [0.25, 0.3) is 5.56 Å². The van der Waals surface area contributed by atoms with Crippen molar-refractivity contribution in [3.8, 4) is 11.3 Å². The highest BCUT2D eigenvalue weighted by molar-refractivity contribution is 6.30. The van der Waals surface area contributed by atoms with E-state index in [9.17, 15) is 4.79 Å². The molecule has 124 valence electrons. The summed E-state index contributed by atoms with van der Waals surface area (Å²) < 4.78 is 6.80. The van der Waals surface area contributed by atoms with E-state index in [-0.39, 0.29) is 5.56 Å². The van der Waals surface area contributed by atoms with Gasteiger partial charge in [0.1, 0.15) is 17.0 Å². The summed E-state index contributed by atoms with van der Waals surface area (Å²) in [6.07, 6.45) is 3.86. The number of pyridine rings is 1. The summed E-state index contributed by atoms with van der Waals surface area (Å²) in [5.74, 6) is 0.810. The van der Waals surface area contributed by atoms with Crippen LogP contribution in [0, 0.1) is 0 Å². The highest BCUT2D eigenvalue weighted by atomic mass is 35.5. The van der Waals surface area contributed by atoms with Gasteiger partial charge in [-0.25, -0.2) is 4.68 Å². The van der Waals surface area contributed by atoms with Gasteiger partial charge in [0.2, 0.25) is 0 Å². The van der Waals surface area contributed by atoms with Crippen LogP contribution < -0.4 is 5.56 Å². The molecular formula is C19H14ClN3O2. The van der Waals surface area contributed by atoms with Crippen molar-refractivity contribution < 1.29 is 4.42 Å². The zero-order valence-electron chi connectivity index (χ0n) is 13.2. The number of benzene rings is 1. The van der Waals surface area contributed by atoms with E-state index >= 15 is 0 Å². The fourth-order valence-corrected chi connectivity index (χ4v) is 2.96. The number of aryl methyl sites for hydroxylation is 2. The zero-order chi connectivity index (χ0) is 17.2. The lowest BCUT2D eigenvalue weighted by molar-refractivity contribution is 0.475. The Kier molecular flexibility index (Phi) is 4.07. The van der Waals surface area contributed by atoms with Crippen LogP contribution in [0.4, 0.5) is 0 Å². The summed E-state index contributed by atoms with van der Waals surface area (Å²) in [6.45, 7) is 0.421. The van der Waals surface area contributed by atoms with Gasteiger partial charge in [-0.05, 0) is 36.4 Å². The Hall–Kier alpha value is -2.92. The van der Waals surface area contributed by atoms with Crippen molar-refractivity contribution in [1.29, 1.82) is 0 Å². The molecule has 1 aromatic carbocycles. The Morgan fingerprint density at radius 1 is 1.12 bits per heavy atom. The zero-order valence-corrected chi connectivity index (χ0v) is 14.0. The summed E-state index contributed by atoms with van der Waals surface area (Å²) >= 11 is 6.12. The van der Waals surface area contributed by atoms with Crippen molar-refractivity contribution in [1.82, 2.24) is 14.8 Å². The maximum Gasteiger partial charge on any atom is 0.276 e. The van der Waals surface area contributed by atoms with Crippen LogP contribution in [0.5, 0.6) is 0 Å². The second-order valence-corrected chi connectivity index (χ2v) is 6.05. The molecule has 3 heterocycles. The molecule has 0 bridgehead atoms. The molecule has 5 nitrogen and oxygen atoms in total. The van der Waals surface area contributed by atoms with Gasteiger partial charge in [-0.15, -0.1) is 0 Å². The molecule has 4 aromatic rings. The monoisotopic (exact) mass is 351 g/mol. The molecule has 0 aliphatic carbocycles. The van der Waals surface area contributed by atoms with E-state index in [1.54, 1.807) is 30.7 Å². The minimum atomic E-state index is -0.166. The van der Waals surface area contributed by atoms with E-state index in [1.165, 1.54) is 4.68 Å². The Balaban J connectivity index is 1.86. The van der Waals surface area contributed by atoms with Crippen molar-refractivity contribution >= 4 is 22.5 Å². The number of rotatable bonds is 4. The van der Waals surface area contributed by atoms with E-state index in [4.69, 9.17) is 16.0 Å². The average Bonchev–Trinajstić information content (AvgIpc) is 3.15. The standard InChI is InChI=1S/C19H14ClN3O2/c20-14-5-1-4-13(12-14)17-18-16(7-2-9-21-18)19(24)23(22-17)10-8-15-6-3-11-25-15/h1-7,9,11-12H,8,10H2. The quantitative estimate of drug-likeness (QED) is 0.558. The van der Waals surface area contributed by atoms with Gasteiger partial charge in [0.05, 0.1) is 18.2 Å². The van der Waals surface area contributed by atoms with Crippen LogP contribution in [0.3, 0.4) is 0 Å². The number of fused-ring (bicyclic) bond motifs is 1. The van der Waals surface area contributed by atoms with Crippen LogP contribution in [0.15, 0.2) is 70.2 Å². The summed E-state index contributed by atoms with van der Waals surface area (Å²) in [5.41, 5.74) is 1.87. The topological polar surface area (TPSA) is 60.9 Å². The maximum atomic E-state index is 12.7. The Morgan fingerprint density at radius 3 is 2.84 bits per heavy atom. The number of hydrogen-bond donors (Lipinski definition) is 0. The number of furan rings is 1. The smallest absolute Gasteiger partial charge is 0.276 e. The number of nitrogens with zero attached hydrogens (tertiary/aromatic N) is 3. The molecule has 0 amide bonds. The van der Waals surface area contributed by atoms with Crippen LogP contribution >= 0.6 is 11.6 Å². The van der Waals surface area contributed by atoms with E-state index in [0.717, 1.165) is 11.3 Å². The minimum absolute atomic E-state index is 0.166. The molecule has 0 saturated heterocycles. The molecule has 0 spiro atoms. The second-order valence-electron chi connectivity index (χ2n) is 5.62. The molecule has 0 aliphatic rings. The molecular weight excluding hydrogens is 338 g/mol. The molecule has 0 aliphatic heterocycles. The maximum absolute atomic E-state index is 12.7. The molecule has 0 fully saturated rings. The average molecular weight is 352 g/mol. The number of hydrogen-bond acceptors (Lipinski definition) is 4. The third-order valence-corrected chi connectivity index (χ3v) is 4.20. The summed E-state index contributed by atoms with van der Waals surface area (Å²) in [6, 6.07) is 14.6. The van der Waals surface area contributed by atoms with Crippen molar-refractivity contribution in [2.24, 2.45) is 0 Å². The predicted octanol–water partition coefficient (Wildman–Crippen LogP) is 3.95. The highest BCUT2D eigenvalue weighted by Crippen LogP contribution is 2.25. The van der Waals surface area contributed by atoms with Gasteiger partial charge >= 0.3 is 0 Å². The van der Waals surface area contributed by atoms with Crippen molar-refractivity contribution in [3.05, 3.63) is 82.1 Å². The van der Waals surface area contributed by atoms with Gasteiger partial charge < -0.3 is 4.42 Å². The normalized spacial score (nSPS) is 11.1. The van der Waals surface area contributed by atoms with Crippen LogP contribution in [0.2, 0.25) is 5.02 Å². The highest BCUT2D eigenvalue weighted by Gasteiger charge is 2.13. The van der Waals surface area contributed by atoms with Gasteiger partial charge in [-0.2, -0.15) is 5.10 Å². The summed E-state index contributed by atoms with van der Waals surface area (Å²) in [7, 11) is 0. The first-order chi connectivity index (χ1) is 12.2. The van der Waals surface area contributed by atoms with Gasteiger partial charge in [-0.1, -0.05) is 23.7 Å². The second kappa shape index (κ2) is 6.53. The lowest BCUT2D eigenvalue weighted by atomic mass is 10.1. The molecule has 0 saturated carbocycles. The van der Waals surface area contributed by atoms with E-state index in [2.05, 4.69) is 10.1 Å². The summed E-state index contributed by atoms with van der Waals surface area (Å²) in [4.78, 5) is 17.1. The van der Waals surface area contributed by atoms with Gasteiger partial charge in [0.15, 0.2) is 0 Å². The number of aromatic nitrogens is 3. The van der Waals surface area contributed by atoms with Crippen LogP contribution in [0.25, 0.3) is 22.2 Å². The molecule has 0 radical (unpaired) electrons. The van der Waals surface area contributed by atoms with Gasteiger partial charge in [0, 0.05) is 23.2 Å². The molecule has 6 heteroatoms. The molecule has 0 N–H and O–H groups in total. The molecule has 0 unspecified atom stereocenters. The lowest BCUT2D eigenvalue weighted by Gasteiger charge is -2.10. The molecule has 25 heavy (non-hydrogen) atoms. The number of halogens is 1.